The molecule has 3 rings (SSSR count). The summed E-state index contributed by atoms with van der Waals surface area (Å²) in [4.78, 5) is 20.2. The molecule has 8 heteroatoms. The molecule has 1 aliphatic carbocycles. The van der Waals surface area contributed by atoms with Gasteiger partial charge in [-0.05, 0) is 37.8 Å². The number of halogens is 2. The van der Waals surface area contributed by atoms with E-state index in [2.05, 4.69) is 26.6 Å². The van der Waals surface area contributed by atoms with Crippen molar-refractivity contribution >= 4 is 53.1 Å². The summed E-state index contributed by atoms with van der Waals surface area (Å²) in [5.74, 6) is 0.747. The number of benzene rings is 1. The monoisotopic (exact) mass is 505 g/mol. The number of aliphatic imine (C=N–C) groups is 1. The number of anilines is 1. The highest BCUT2D eigenvalue weighted by Crippen LogP contribution is 2.27. The molecule has 1 heterocycles. The summed E-state index contributed by atoms with van der Waals surface area (Å²) in [5.41, 5.74) is 1.08. The largest absolute Gasteiger partial charge is 0.368 e. The van der Waals surface area contributed by atoms with Crippen molar-refractivity contribution in [2.75, 3.05) is 38.6 Å². The lowest BCUT2D eigenvalue weighted by Gasteiger charge is -2.36. The zero-order valence-corrected chi connectivity index (χ0v) is 19.0. The van der Waals surface area contributed by atoms with Crippen molar-refractivity contribution in [2.45, 2.75) is 37.8 Å². The Morgan fingerprint density at radius 1 is 1.22 bits per heavy atom. The van der Waals surface area contributed by atoms with Crippen LogP contribution in [0.25, 0.3) is 0 Å². The van der Waals surface area contributed by atoms with Crippen LogP contribution in [0.5, 0.6) is 0 Å². The van der Waals surface area contributed by atoms with Gasteiger partial charge in [0.25, 0.3) is 0 Å². The van der Waals surface area contributed by atoms with Crippen molar-refractivity contribution in [3.05, 3.63) is 29.3 Å². The van der Waals surface area contributed by atoms with E-state index in [1.165, 1.54) is 12.8 Å². The van der Waals surface area contributed by atoms with Gasteiger partial charge in [0, 0.05) is 39.3 Å². The average molecular weight is 506 g/mol. The highest BCUT2D eigenvalue weighted by Gasteiger charge is 2.26. The number of piperidine rings is 1. The number of carbonyl (C=O) groups excluding carboxylic acids is 1. The predicted molar refractivity (Wildman–Crippen MR) is 122 cm³/mol. The third kappa shape index (κ3) is 6.71. The number of amides is 1. The van der Waals surface area contributed by atoms with Crippen LogP contribution in [0, 0.1) is 0 Å². The van der Waals surface area contributed by atoms with E-state index in [9.17, 15) is 4.79 Å². The number of nitrogens with one attached hydrogen (secondary N) is 2. The van der Waals surface area contributed by atoms with Crippen LogP contribution in [0.15, 0.2) is 29.3 Å². The summed E-state index contributed by atoms with van der Waals surface area (Å²) < 4.78 is 0. The average Bonchev–Trinajstić information content (AvgIpc) is 3.44. The molecule has 0 radical (unpaired) electrons. The SMILES string of the molecule is CN(C)C(=O)CN=C(NC1CC1)NC1CCCN(c2ccccc2Cl)C1.I. The third-order valence-corrected chi connectivity index (χ3v) is 5.06. The summed E-state index contributed by atoms with van der Waals surface area (Å²) in [7, 11) is 3.50. The molecular formula is C19H29ClIN5O. The van der Waals surface area contributed by atoms with Crippen LogP contribution in [0.1, 0.15) is 25.7 Å². The number of hydrogen-bond donors (Lipinski definition) is 2. The van der Waals surface area contributed by atoms with E-state index in [4.69, 9.17) is 11.6 Å². The summed E-state index contributed by atoms with van der Waals surface area (Å²) in [6.07, 6.45) is 4.50. The Bertz CT molecular complexity index is 665. The Labute approximate surface area is 183 Å². The van der Waals surface area contributed by atoms with Crippen molar-refractivity contribution in [3.63, 3.8) is 0 Å². The number of likely N-dealkylation sites (N-methyl/N-ethyl adjacent to an activating group) is 1. The van der Waals surface area contributed by atoms with Gasteiger partial charge in [-0.3, -0.25) is 4.79 Å². The van der Waals surface area contributed by atoms with Crippen LogP contribution in [0.3, 0.4) is 0 Å². The van der Waals surface area contributed by atoms with Gasteiger partial charge in [-0.1, -0.05) is 23.7 Å². The van der Waals surface area contributed by atoms with Gasteiger partial charge in [-0.25, -0.2) is 4.99 Å². The summed E-state index contributed by atoms with van der Waals surface area (Å²) in [6, 6.07) is 8.74. The normalized spacial score (nSPS) is 19.9. The van der Waals surface area contributed by atoms with Gasteiger partial charge in [0.05, 0.1) is 10.7 Å². The third-order valence-electron chi connectivity index (χ3n) is 4.74. The highest BCUT2D eigenvalue weighted by molar-refractivity contribution is 14.0. The van der Waals surface area contributed by atoms with Crippen LogP contribution in [-0.4, -0.2) is 62.6 Å². The van der Waals surface area contributed by atoms with Crippen molar-refractivity contribution in [1.82, 2.24) is 15.5 Å². The topological polar surface area (TPSA) is 60.0 Å². The van der Waals surface area contributed by atoms with E-state index in [0.29, 0.717) is 6.04 Å². The number of hydrogen-bond acceptors (Lipinski definition) is 3. The lowest BCUT2D eigenvalue weighted by Crippen LogP contribution is -2.52. The van der Waals surface area contributed by atoms with E-state index in [1.54, 1.807) is 19.0 Å². The molecule has 2 fully saturated rings. The van der Waals surface area contributed by atoms with Crippen LogP contribution >= 0.6 is 35.6 Å². The molecule has 0 spiro atoms. The molecule has 0 bridgehead atoms. The second-order valence-corrected chi connectivity index (χ2v) is 7.66. The fourth-order valence-electron chi connectivity index (χ4n) is 3.06. The molecule has 150 valence electrons. The zero-order valence-electron chi connectivity index (χ0n) is 15.9. The van der Waals surface area contributed by atoms with E-state index in [1.807, 2.05) is 18.2 Å². The molecule has 2 aliphatic rings. The number of para-hydroxylation sites is 1. The lowest BCUT2D eigenvalue weighted by atomic mass is 10.0. The molecule has 1 saturated heterocycles. The van der Waals surface area contributed by atoms with Gasteiger partial charge in [0.2, 0.25) is 5.91 Å². The van der Waals surface area contributed by atoms with Gasteiger partial charge < -0.3 is 20.4 Å². The molecule has 6 nitrogen and oxygen atoms in total. The molecule has 1 amide bonds. The minimum Gasteiger partial charge on any atom is -0.368 e. The molecule has 1 unspecified atom stereocenters. The van der Waals surface area contributed by atoms with Crippen molar-refractivity contribution in [2.24, 2.45) is 4.99 Å². The second-order valence-electron chi connectivity index (χ2n) is 7.25. The summed E-state index contributed by atoms with van der Waals surface area (Å²) >= 11 is 6.36. The zero-order chi connectivity index (χ0) is 18.5. The maximum Gasteiger partial charge on any atom is 0.243 e. The van der Waals surface area contributed by atoms with Crippen molar-refractivity contribution in [3.8, 4) is 0 Å². The molecule has 1 atom stereocenters. The van der Waals surface area contributed by atoms with Gasteiger partial charge >= 0.3 is 0 Å². The van der Waals surface area contributed by atoms with Gasteiger partial charge in [-0.15, -0.1) is 24.0 Å². The maximum absolute atomic E-state index is 11.9. The Morgan fingerprint density at radius 2 is 1.93 bits per heavy atom. The standard InChI is InChI=1S/C19H28ClN5O.HI/c1-24(2)18(26)12-21-19(22-14-9-10-14)23-15-6-5-11-25(13-15)17-8-4-3-7-16(17)20;/h3-4,7-8,14-15H,5-6,9-13H2,1-2H3,(H2,21,22,23);1H. The second kappa shape index (κ2) is 10.4. The molecule has 27 heavy (non-hydrogen) atoms. The first kappa shape index (κ1) is 22.1. The first-order chi connectivity index (χ1) is 12.5. The van der Waals surface area contributed by atoms with Gasteiger partial charge in [0.15, 0.2) is 5.96 Å². The predicted octanol–water partition coefficient (Wildman–Crippen LogP) is 2.71. The first-order valence-electron chi connectivity index (χ1n) is 9.30. The number of nitrogens with zero attached hydrogens (tertiary/aromatic N) is 3. The summed E-state index contributed by atoms with van der Waals surface area (Å²) in [6.45, 7) is 2.04. The smallest absolute Gasteiger partial charge is 0.243 e. The van der Waals surface area contributed by atoms with Gasteiger partial charge in [0.1, 0.15) is 6.54 Å². The van der Waals surface area contributed by atoms with Crippen LogP contribution in [0.4, 0.5) is 5.69 Å². The Hall–Kier alpha value is -1.22. The quantitative estimate of drug-likeness (QED) is 0.367. The molecule has 0 aromatic heterocycles. The van der Waals surface area contributed by atoms with Gasteiger partial charge in [-0.2, -0.15) is 0 Å². The molecule has 1 aromatic rings. The first-order valence-corrected chi connectivity index (χ1v) is 9.68. The van der Waals surface area contributed by atoms with E-state index >= 15 is 0 Å². The Balaban J connectivity index is 0.00000261. The Kier molecular flexibility index (Phi) is 8.47. The molecule has 1 saturated carbocycles. The molecular weight excluding hydrogens is 477 g/mol. The molecule has 1 aromatic carbocycles. The number of guanidine groups is 1. The van der Waals surface area contributed by atoms with Crippen LogP contribution in [-0.2, 0) is 4.79 Å². The van der Waals surface area contributed by atoms with Crippen LogP contribution in [0.2, 0.25) is 5.02 Å². The maximum atomic E-state index is 11.9. The fraction of sp³-hybridized carbons (Fsp3) is 0.579. The summed E-state index contributed by atoms with van der Waals surface area (Å²) in [5, 5.41) is 7.73. The fourth-order valence-corrected chi connectivity index (χ4v) is 3.31. The minimum absolute atomic E-state index is 0. The van der Waals surface area contributed by atoms with E-state index in [-0.39, 0.29) is 42.5 Å². The number of rotatable bonds is 5. The van der Waals surface area contributed by atoms with Crippen LogP contribution < -0.4 is 15.5 Å². The number of carbonyl (C=O) groups is 1. The molecule has 2 N–H and O–H groups in total. The van der Waals surface area contributed by atoms with Crippen molar-refractivity contribution < 1.29 is 4.79 Å². The highest BCUT2D eigenvalue weighted by atomic mass is 127. The molecule has 1 aliphatic heterocycles. The van der Waals surface area contributed by atoms with E-state index < -0.39 is 0 Å². The lowest BCUT2D eigenvalue weighted by molar-refractivity contribution is -0.127. The Morgan fingerprint density at radius 3 is 2.59 bits per heavy atom. The van der Waals surface area contributed by atoms with Crippen molar-refractivity contribution in [1.29, 1.82) is 0 Å². The minimum atomic E-state index is 0. The van der Waals surface area contributed by atoms with E-state index in [0.717, 1.165) is 42.6 Å².